The van der Waals surface area contributed by atoms with Crippen molar-refractivity contribution >= 4 is 11.8 Å². The molecule has 1 aromatic heterocycles. The molecule has 1 saturated carbocycles. The fourth-order valence-electron chi connectivity index (χ4n) is 3.22. The zero-order chi connectivity index (χ0) is 14.7. The van der Waals surface area contributed by atoms with Gasteiger partial charge in [0.1, 0.15) is 11.4 Å². The molecule has 0 aromatic carbocycles. The number of rotatable bonds is 4. The van der Waals surface area contributed by atoms with Crippen molar-refractivity contribution in [2.24, 2.45) is 11.8 Å². The third kappa shape index (κ3) is 3.50. The van der Waals surface area contributed by atoms with Crippen molar-refractivity contribution in [3.8, 4) is 0 Å². The molecule has 1 aliphatic carbocycles. The molecule has 4 nitrogen and oxygen atoms in total. The van der Waals surface area contributed by atoms with Crippen molar-refractivity contribution in [3.63, 3.8) is 0 Å². The number of carboxylic acids is 1. The standard InChI is InChI=1S/C16H24N2O2/c1-10-5-4-6-13(7-10)9-17-15-14(16(19)20)11(2)8-12(3)18-15/h8,10,13H,4-7,9H2,1-3H3,(H,17,18)(H,19,20). The summed E-state index contributed by atoms with van der Waals surface area (Å²) in [5.74, 6) is 1.02. The number of aromatic carboxylic acids is 1. The summed E-state index contributed by atoms with van der Waals surface area (Å²) in [4.78, 5) is 15.7. The molecular weight excluding hydrogens is 252 g/mol. The van der Waals surface area contributed by atoms with Gasteiger partial charge in [-0.05, 0) is 50.2 Å². The number of pyridine rings is 1. The van der Waals surface area contributed by atoms with Crippen LogP contribution < -0.4 is 5.32 Å². The molecule has 2 unspecified atom stereocenters. The Morgan fingerprint density at radius 3 is 2.85 bits per heavy atom. The lowest BCUT2D eigenvalue weighted by atomic mass is 9.82. The van der Waals surface area contributed by atoms with E-state index >= 15 is 0 Å². The summed E-state index contributed by atoms with van der Waals surface area (Å²) in [5.41, 5.74) is 1.93. The van der Waals surface area contributed by atoms with Gasteiger partial charge in [-0.3, -0.25) is 0 Å². The van der Waals surface area contributed by atoms with Gasteiger partial charge in [0.2, 0.25) is 0 Å². The molecule has 0 amide bonds. The first-order valence-electron chi connectivity index (χ1n) is 7.42. The maximum absolute atomic E-state index is 11.4. The van der Waals surface area contributed by atoms with Crippen LogP contribution in [0.1, 0.15) is 54.2 Å². The van der Waals surface area contributed by atoms with Gasteiger partial charge in [0.15, 0.2) is 0 Å². The molecule has 2 rings (SSSR count). The van der Waals surface area contributed by atoms with Crippen molar-refractivity contribution in [1.29, 1.82) is 0 Å². The molecule has 1 aliphatic rings. The number of nitrogens with zero attached hydrogens (tertiary/aromatic N) is 1. The van der Waals surface area contributed by atoms with Gasteiger partial charge >= 0.3 is 5.97 Å². The second-order valence-corrected chi connectivity index (χ2v) is 6.13. The van der Waals surface area contributed by atoms with Crippen LogP contribution in [0.2, 0.25) is 0 Å². The van der Waals surface area contributed by atoms with Crippen molar-refractivity contribution in [2.45, 2.75) is 46.5 Å². The van der Waals surface area contributed by atoms with E-state index in [-0.39, 0.29) is 0 Å². The molecule has 0 spiro atoms. The molecule has 0 radical (unpaired) electrons. The van der Waals surface area contributed by atoms with E-state index in [9.17, 15) is 9.90 Å². The Morgan fingerprint density at radius 2 is 2.20 bits per heavy atom. The van der Waals surface area contributed by atoms with Crippen LogP contribution in [0.5, 0.6) is 0 Å². The molecule has 0 aliphatic heterocycles. The second kappa shape index (κ2) is 6.25. The molecule has 2 N–H and O–H groups in total. The van der Waals surface area contributed by atoms with Gasteiger partial charge in [-0.2, -0.15) is 0 Å². The van der Waals surface area contributed by atoms with Crippen LogP contribution in [0, 0.1) is 25.7 Å². The zero-order valence-electron chi connectivity index (χ0n) is 12.6. The normalized spacial score (nSPS) is 22.6. The number of nitrogens with one attached hydrogen (secondary N) is 1. The Bertz CT molecular complexity index is 499. The van der Waals surface area contributed by atoms with Crippen LogP contribution in [0.4, 0.5) is 5.82 Å². The van der Waals surface area contributed by atoms with Crippen molar-refractivity contribution in [3.05, 3.63) is 22.9 Å². The Balaban J connectivity index is 2.10. The molecule has 2 atom stereocenters. The van der Waals surface area contributed by atoms with Crippen molar-refractivity contribution < 1.29 is 9.90 Å². The number of aromatic nitrogens is 1. The molecule has 1 heterocycles. The maximum atomic E-state index is 11.4. The summed E-state index contributed by atoms with van der Waals surface area (Å²) in [6.07, 6.45) is 5.04. The fraction of sp³-hybridized carbons (Fsp3) is 0.625. The monoisotopic (exact) mass is 276 g/mol. The topological polar surface area (TPSA) is 62.2 Å². The van der Waals surface area contributed by atoms with Crippen LogP contribution in [-0.2, 0) is 0 Å². The van der Waals surface area contributed by atoms with Crippen LogP contribution in [0.15, 0.2) is 6.07 Å². The van der Waals surface area contributed by atoms with Gasteiger partial charge in [0.25, 0.3) is 0 Å². The Morgan fingerprint density at radius 1 is 1.45 bits per heavy atom. The summed E-state index contributed by atoms with van der Waals surface area (Å²) in [7, 11) is 0. The van der Waals surface area contributed by atoms with Gasteiger partial charge in [-0.25, -0.2) is 9.78 Å². The Kier molecular flexibility index (Phi) is 4.63. The SMILES string of the molecule is Cc1cc(C)c(C(=O)O)c(NCC2CCCC(C)C2)n1. The minimum absolute atomic E-state index is 0.305. The molecule has 1 aromatic rings. The maximum Gasteiger partial charge on any atom is 0.339 e. The number of anilines is 1. The number of carboxylic acid groups (broad SMARTS) is 1. The lowest BCUT2D eigenvalue weighted by Crippen LogP contribution is -2.22. The molecule has 110 valence electrons. The highest BCUT2D eigenvalue weighted by atomic mass is 16.4. The summed E-state index contributed by atoms with van der Waals surface area (Å²) in [6.45, 7) is 6.84. The summed E-state index contributed by atoms with van der Waals surface area (Å²) in [5, 5.41) is 12.6. The van der Waals surface area contributed by atoms with Gasteiger partial charge < -0.3 is 10.4 Å². The third-order valence-electron chi connectivity index (χ3n) is 4.16. The summed E-state index contributed by atoms with van der Waals surface area (Å²) < 4.78 is 0. The van der Waals surface area contributed by atoms with Crippen molar-refractivity contribution in [2.75, 3.05) is 11.9 Å². The first-order valence-corrected chi connectivity index (χ1v) is 7.42. The molecule has 4 heteroatoms. The van der Waals surface area contributed by atoms with Gasteiger partial charge in [-0.15, -0.1) is 0 Å². The Labute approximate surface area is 120 Å². The van der Waals surface area contributed by atoms with Crippen LogP contribution >= 0.6 is 0 Å². The second-order valence-electron chi connectivity index (χ2n) is 6.13. The average Bonchev–Trinajstić information content (AvgIpc) is 2.35. The number of carbonyl (C=O) groups is 1. The molecule has 1 fully saturated rings. The van der Waals surface area contributed by atoms with E-state index in [1.807, 2.05) is 19.9 Å². The lowest BCUT2D eigenvalue weighted by Gasteiger charge is -2.27. The summed E-state index contributed by atoms with van der Waals surface area (Å²) in [6, 6.07) is 1.82. The van der Waals surface area contributed by atoms with E-state index in [0.29, 0.717) is 17.3 Å². The number of aryl methyl sites for hydroxylation is 2. The first kappa shape index (κ1) is 14.8. The van der Waals surface area contributed by atoms with Gasteiger partial charge in [0, 0.05) is 12.2 Å². The fourth-order valence-corrected chi connectivity index (χ4v) is 3.22. The largest absolute Gasteiger partial charge is 0.478 e. The molecule has 0 saturated heterocycles. The molecule has 20 heavy (non-hydrogen) atoms. The minimum atomic E-state index is -0.908. The lowest BCUT2D eigenvalue weighted by molar-refractivity contribution is 0.0696. The average molecular weight is 276 g/mol. The van der Waals surface area contributed by atoms with Crippen LogP contribution in [-0.4, -0.2) is 22.6 Å². The van der Waals surface area contributed by atoms with E-state index in [2.05, 4.69) is 17.2 Å². The van der Waals surface area contributed by atoms with E-state index in [1.54, 1.807) is 0 Å². The predicted octanol–water partition coefficient (Wildman–Crippen LogP) is 3.63. The van der Waals surface area contributed by atoms with E-state index in [1.165, 1.54) is 25.7 Å². The zero-order valence-corrected chi connectivity index (χ0v) is 12.6. The third-order valence-corrected chi connectivity index (χ3v) is 4.16. The predicted molar refractivity (Wildman–Crippen MR) is 80.3 cm³/mol. The van der Waals surface area contributed by atoms with E-state index < -0.39 is 5.97 Å². The van der Waals surface area contributed by atoms with Crippen LogP contribution in [0.25, 0.3) is 0 Å². The van der Waals surface area contributed by atoms with E-state index in [4.69, 9.17) is 0 Å². The minimum Gasteiger partial charge on any atom is -0.478 e. The highest BCUT2D eigenvalue weighted by Crippen LogP contribution is 2.29. The molecular formula is C16H24N2O2. The van der Waals surface area contributed by atoms with Gasteiger partial charge in [0.05, 0.1) is 0 Å². The highest BCUT2D eigenvalue weighted by Gasteiger charge is 2.20. The van der Waals surface area contributed by atoms with Gasteiger partial charge in [-0.1, -0.05) is 19.8 Å². The highest BCUT2D eigenvalue weighted by molar-refractivity contribution is 5.94. The van der Waals surface area contributed by atoms with E-state index in [0.717, 1.165) is 23.7 Å². The quantitative estimate of drug-likeness (QED) is 0.881. The summed E-state index contributed by atoms with van der Waals surface area (Å²) >= 11 is 0. The smallest absolute Gasteiger partial charge is 0.339 e. The Hall–Kier alpha value is -1.58. The first-order chi connectivity index (χ1) is 9.47. The van der Waals surface area contributed by atoms with Crippen molar-refractivity contribution in [1.82, 2.24) is 4.98 Å². The molecule has 0 bridgehead atoms. The number of hydrogen-bond acceptors (Lipinski definition) is 3. The van der Waals surface area contributed by atoms with Crippen LogP contribution in [0.3, 0.4) is 0 Å². The number of hydrogen-bond donors (Lipinski definition) is 2.